The highest BCUT2D eigenvalue weighted by atomic mass is 16.5. The maximum absolute atomic E-state index is 5.83. The normalized spacial score (nSPS) is 20.5. The van der Waals surface area contributed by atoms with Gasteiger partial charge in [-0.05, 0) is 50.1 Å². The van der Waals surface area contributed by atoms with E-state index in [4.69, 9.17) is 4.74 Å². The Balaban J connectivity index is 1.98. The van der Waals surface area contributed by atoms with Crippen LogP contribution in [-0.4, -0.2) is 25.8 Å². The van der Waals surface area contributed by atoms with Gasteiger partial charge < -0.3 is 10.1 Å². The van der Waals surface area contributed by atoms with Gasteiger partial charge in [0.05, 0.1) is 6.10 Å². The number of ether oxygens (including phenoxy) is 1. The lowest BCUT2D eigenvalue weighted by molar-refractivity contribution is 0.0976. The molecular weight excluding hydrogens is 246 g/mol. The molecule has 1 aromatic carbocycles. The molecule has 2 atom stereocenters. The van der Waals surface area contributed by atoms with Crippen LogP contribution < -0.4 is 5.32 Å². The zero-order valence-electron chi connectivity index (χ0n) is 13.2. The summed E-state index contributed by atoms with van der Waals surface area (Å²) in [5.74, 6) is 1.27. The van der Waals surface area contributed by atoms with Gasteiger partial charge in [0, 0.05) is 13.2 Å². The Morgan fingerprint density at radius 2 is 2.15 bits per heavy atom. The minimum absolute atomic E-state index is 0.460. The summed E-state index contributed by atoms with van der Waals surface area (Å²) in [5, 5.41) is 3.62. The van der Waals surface area contributed by atoms with Gasteiger partial charge in [-0.15, -0.1) is 0 Å². The molecule has 2 rings (SSSR count). The SMILES string of the molecule is Cc1cccc(C(CNCC(C)C)CC2CCCO2)c1. The van der Waals surface area contributed by atoms with Crippen LogP contribution in [0.15, 0.2) is 24.3 Å². The zero-order chi connectivity index (χ0) is 14.4. The van der Waals surface area contributed by atoms with Crippen molar-refractivity contribution in [1.29, 1.82) is 0 Å². The summed E-state index contributed by atoms with van der Waals surface area (Å²) in [5.41, 5.74) is 2.81. The van der Waals surface area contributed by atoms with Crippen LogP contribution in [0.5, 0.6) is 0 Å². The molecule has 0 radical (unpaired) electrons. The van der Waals surface area contributed by atoms with Crippen molar-refractivity contribution in [2.45, 2.75) is 52.1 Å². The van der Waals surface area contributed by atoms with Crippen LogP contribution in [0.1, 0.15) is 50.2 Å². The fourth-order valence-electron chi connectivity index (χ4n) is 2.96. The molecule has 1 aliphatic rings. The molecule has 0 spiro atoms. The van der Waals surface area contributed by atoms with Crippen molar-refractivity contribution in [1.82, 2.24) is 5.32 Å². The molecule has 2 unspecified atom stereocenters. The third-order valence-corrected chi connectivity index (χ3v) is 4.03. The standard InChI is InChI=1S/C18H29NO/c1-14(2)12-19-13-17(11-18-8-5-9-20-18)16-7-4-6-15(3)10-16/h4,6-7,10,14,17-19H,5,8-9,11-13H2,1-3H3. The van der Waals surface area contributed by atoms with Gasteiger partial charge in [-0.2, -0.15) is 0 Å². The lowest BCUT2D eigenvalue weighted by atomic mass is 9.91. The molecule has 1 heterocycles. The molecule has 1 saturated heterocycles. The molecule has 0 aromatic heterocycles. The summed E-state index contributed by atoms with van der Waals surface area (Å²) >= 11 is 0. The molecule has 0 bridgehead atoms. The molecule has 1 N–H and O–H groups in total. The molecule has 1 fully saturated rings. The fraction of sp³-hybridized carbons (Fsp3) is 0.667. The van der Waals surface area contributed by atoms with E-state index in [2.05, 4.69) is 50.4 Å². The van der Waals surface area contributed by atoms with E-state index in [0.717, 1.165) is 26.1 Å². The topological polar surface area (TPSA) is 21.3 Å². The molecule has 2 nitrogen and oxygen atoms in total. The zero-order valence-corrected chi connectivity index (χ0v) is 13.2. The number of benzene rings is 1. The van der Waals surface area contributed by atoms with E-state index >= 15 is 0 Å². The molecule has 112 valence electrons. The van der Waals surface area contributed by atoms with Crippen molar-refractivity contribution in [3.8, 4) is 0 Å². The summed E-state index contributed by atoms with van der Waals surface area (Å²) in [7, 11) is 0. The van der Waals surface area contributed by atoms with Crippen molar-refractivity contribution in [3.63, 3.8) is 0 Å². The summed E-state index contributed by atoms with van der Waals surface area (Å²) < 4.78 is 5.83. The third-order valence-electron chi connectivity index (χ3n) is 4.03. The Morgan fingerprint density at radius 3 is 2.80 bits per heavy atom. The predicted octanol–water partition coefficient (Wildman–Crippen LogP) is 3.89. The number of nitrogens with one attached hydrogen (secondary N) is 1. The first kappa shape index (κ1) is 15.5. The molecule has 2 heteroatoms. The van der Waals surface area contributed by atoms with E-state index in [1.165, 1.54) is 24.0 Å². The monoisotopic (exact) mass is 275 g/mol. The second kappa shape index (κ2) is 7.80. The highest BCUT2D eigenvalue weighted by molar-refractivity contribution is 5.26. The van der Waals surface area contributed by atoms with Gasteiger partial charge in [-0.3, -0.25) is 0 Å². The maximum Gasteiger partial charge on any atom is 0.0582 e. The van der Waals surface area contributed by atoms with Crippen LogP contribution in [0, 0.1) is 12.8 Å². The number of aryl methyl sites for hydroxylation is 1. The molecular formula is C18H29NO. The van der Waals surface area contributed by atoms with Crippen LogP contribution >= 0.6 is 0 Å². The Hall–Kier alpha value is -0.860. The van der Waals surface area contributed by atoms with Crippen LogP contribution in [0.3, 0.4) is 0 Å². The number of rotatable bonds is 7. The van der Waals surface area contributed by atoms with Gasteiger partial charge in [0.15, 0.2) is 0 Å². The fourth-order valence-corrected chi connectivity index (χ4v) is 2.96. The smallest absolute Gasteiger partial charge is 0.0582 e. The summed E-state index contributed by atoms with van der Waals surface area (Å²) in [6, 6.07) is 8.95. The Kier molecular flexibility index (Phi) is 6.06. The van der Waals surface area contributed by atoms with Crippen molar-refractivity contribution in [2.75, 3.05) is 19.7 Å². The van der Waals surface area contributed by atoms with Crippen LogP contribution in [0.25, 0.3) is 0 Å². The van der Waals surface area contributed by atoms with E-state index in [1.807, 2.05) is 0 Å². The third kappa shape index (κ3) is 4.92. The van der Waals surface area contributed by atoms with Crippen molar-refractivity contribution < 1.29 is 4.74 Å². The number of hydrogen-bond donors (Lipinski definition) is 1. The predicted molar refractivity (Wildman–Crippen MR) is 85.2 cm³/mol. The van der Waals surface area contributed by atoms with E-state index < -0.39 is 0 Å². The van der Waals surface area contributed by atoms with E-state index in [9.17, 15) is 0 Å². The average molecular weight is 275 g/mol. The second-order valence-corrected chi connectivity index (χ2v) is 6.53. The second-order valence-electron chi connectivity index (χ2n) is 6.53. The van der Waals surface area contributed by atoms with Crippen molar-refractivity contribution in [3.05, 3.63) is 35.4 Å². The van der Waals surface area contributed by atoms with Crippen LogP contribution in [0.4, 0.5) is 0 Å². The van der Waals surface area contributed by atoms with Gasteiger partial charge in [0.1, 0.15) is 0 Å². The Labute approximate surface area is 123 Å². The highest BCUT2D eigenvalue weighted by Gasteiger charge is 2.22. The molecule has 1 aromatic rings. The van der Waals surface area contributed by atoms with Gasteiger partial charge >= 0.3 is 0 Å². The molecule has 0 saturated carbocycles. The maximum atomic E-state index is 5.83. The van der Waals surface area contributed by atoms with E-state index in [-0.39, 0.29) is 0 Å². The highest BCUT2D eigenvalue weighted by Crippen LogP contribution is 2.27. The van der Waals surface area contributed by atoms with Gasteiger partial charge in [0.25, 0.3) is 0 Å². The Bertz CT molecular complexity index is 396. The summed E-state index contributed by atoms with van der Waals surface area (Å²) in [4.78, 5) is 0. The molecule has 1 aliphatic heterocycles. The van der Waals surface area contributed by atoms with E-state index in [0.29, 0.717) is 17.9 Å². The van der Waals surface area contributed by atoms with Crippen LogP contribution in [0.2, 0.25) is 0 Å². The first-order chi connectivity index (χ1) is 9.65. The largest absolute Gasteiger partial charge is 0.378 e. The summed E-state index contributed by atoms with van der Waals surface area (Å²) in [6.07, 6.45) is 4.06. The number of hydrogen-bond acceptors (Lipinski definition) is 2. The van der Waals surface area contributed by atoms with Crippen molar-refractivity contribution >= 4 is 0 Å². The quantitative estimate of drug-likeness (QED) is 0.815. The van der Waals surface area contributed by atoms with Gasteiger partial charge in [0.2, 0.25) is 0 Å². The first-order valence-electron chi connectivity index (χ1n) is 8.04. The lowest BCUT2D eigenvalue weighted by Gasteiger charge is -2.22. The van der Waals surface area contributed by atoms with Gasteiger partial charge in [-0.25, -0.2) is 0 Å². The minimum Gasteiger partial charge on any atom is -0.378 e. The average Bonchev–Trinajstić information content (AvgIpc) is 2.90. The molecule has 0 amide bonds. The lowest BCUT2D eigenvalue weighted by Crippen LogP contribution is -2.27. The van der Waals surface area contributed by atoms with E-state index in [1.54, 1.807) is 0 Å². The molecule has 0 aliphatic carbocycles. The van der Waals surface area contributed by atoms with Gasteiger partial charge in [-0.1, -0.05) is 43.7 Å². The Morgan fingerprint density at radius 1 is 1.30 bits per heavy atom. The molecule has 20 heavy (non-hydrogen) atoms. The summed E-state index contributed by atoms with van der Waals surface area (Å²) in [6.45, 7) is 9.79. The first-order valence-corrected chi connectivity index (χ1v) is 8.04. The van der Waals surface area contributed by atoms with Crippen molar-refractivity contribution in [2.24, 2.45) is 5.92 Å². The van der Waals surface area contributed by atoms with Crippen LogP contribution in [-0.2, 0) is 4.74 Å². The minimum atomic E-state index is 0.460.